The molecule has 0 radical (unpaired) electrons. The van der Waals surface area contributed by atoms with Gasteiger partial charge in [0.1, 0.15) is 11.0 Å². The Hall–Kier alpha value is -2.18. The van der Waals surface area contributed by atoms with Crippen molar-refractivity contribution < 1.29 is 4.79 Å². The van der Waals surface area contributed by atoms with Gasteiger partial charge >= 0.3 is 0 Å². The third-order valence-electron chi connectivity index (χ3n) is 2.96. The number of nitrogens with one attached hydrogen (secondary N) is 1. The molecule has 3 N–H and O–H groups in total. The second kappa shape index (κ2) is 5.67. The second-order valence-electron chi connectivity index (χ2n) is 4.52. The molecule has 3 aromatic rings. The molecule has 0 unspecified atom stereocenters. The van der Waals surface area contributed by atoms with Crippen molar-refractivity contribution in [3.8, 4) is 0 Å². The molecule has 1 amide bonds. The van der Waals surface area contributed by atoms with Crippen LogP contribution in [0.1, 0.15) is 5.56 Å². The molecule has 0 aliphatic carbocycles. The van der Waals surface area contributed by atoms with Gasteiger partial charge in [0, 0.05) is 5.69 Å². The molecule has 0 spiro atoms. The lowest BCUT2D eigenvalue weighted by molar-refractivity contribution is -0.115. The first kappa shape index (κ1) is 13.8. The van der Waals surface area contributed by atoms with Crippen LogP contribution in [0, 0.1) is 0 Å². The van der Waals surface area contributed by atoms with E-state index in [0.717, 1.165) is 17.3 Å². The normalized spacial score (nSPS) is 10.7. The number of aromatic nitrogens is 2. The van der Waals surface area contributed by atoms with E-state index in [1.165, 1.54) is 0 Å². The molecule has 0 aliphatic rings. The zero-order valence-electron chi connectivity index (χ0n) is 10.8. The molecule has 2 aromatic carbocycles. The van der Waals surface area contributed by atoms with E-state index in [1.807, 2.05) is 12.1 Å². The molecule has 1 aromatic heterocycles. The molecule has 7 heteroatoms. The third kappa shape index (κ3) is 2.96. The van der Waals surface area contributed by atoms with Crippen molar-refractivity contribution in [2.24, 2.45) is 0 Å². The largest absolute Gasteiger partial charge is 0.399 e. The van der Waals surface area contributed by atoms with E-state index in [4.69, 9.17) is 17.3 Å². The van der Waals surface area contributed by atoms with E-state index in [2.05, 4.69) is 14.1 Å². The topological polar surface area (TPSA) is 80.9 Å². The zero-order valence-corrected chi connectivity index (χ0v) is 12.4. The number of nitrogen functional groups attached to an aromatic ring is 1. The van der Waals surface area contributed by atoms with Crippen molar-refractivity contribution in [2.45, 2.75) is 6.42 Å². The first-order valence-corrected chi connectivity index (χ1v) is 7.29. The van der Waals surface area contributed by atoms with Crippen LogP contribution >= 0.6 is 23.3 Å². The number of hydrogen-bond acceptors (Lipinski definition) is 5. The SMILES string of the molecule is Nc1cccc(CC(=O)Nc2c(Cl)ccc3nsnc23)c1. The molecule has 0 fully saturated rings. The molecule has 5 nitrogen and oxygen atoms in total. The minimum absolute atomic E-state index is 0.178. The summed E-state index contributed by atoms with van der Waals surface area (Å²) in [6, 6.07) is 10.7. The molecule has 0 atom stereocenters. The molecule has 0 saturated heterocycles. The van der Waals surface area contributed by atoms with Crippen molar-refractivity contribution >= 4 is 51.6 Å². The van der Waals surface area contributed by atoms with Gasteiger partial charge < -0.3 is 11.1 Å². The predicted molar refractivity (Wildman–Crippen MR) is 85.6 cm³/mol. The number of carbonyl (C=O) groups is 1. The van der Waals surface area contributed by atoms with Crippen molar-refractivity contribution in [1.29, 1.82) is 0 Å². The molecule has 0 saturated carbocycles. The van der Waals surface area contributed by atoms with Gasteiger partial charge in [-0.3, -0.25) is 4.79 Å². The Kier molecular flexibility index (Phi) is 3.72. The molecule has 21 heavy (non-hydrogen) atoms. The molecular weight excluding hydrogens is 308 g/mol. The monoisotopic (exact) mass is 318 g/mol. The minimum Gasteiger partial charge on any atom is -0.399 e. The fourth-order valence-electron chi connectivity index (χ4n) is 2.02. The Balaban J connectivity index is 1.83. The summed E-state index contributed by atoms with van der Waals surface area (Å²) in [6.45, 7) is 0. The predicted octanol–water partition coefficient (Wildman–Crippen LogP) is 3.11. The van der Waals surface area contributed by atoms with Gasteiger partial charge in [0.25, 0.3) is 0 Å². The highest BCUT2D eigenvalue weighted by Gasteiger charge is 2.13. The summed E-state index contributed by atoms with van der Waals surface area (Å²) >= 11 is 7.22. The number of halogens is 1. The Morgan fingerprint density at radius 3 is 2.95 bits per heavy atom. The second-order valence-corrected chi connectivity index (χ2v) is 5.46. The highest BCUT2D eigenvalue weighted by molar-refractivity contribution is 7.00. The van der Waals surface area contributed by atoms with Crippen LogP contribution in [-0.2, 0) is 11.2 Å². The standard InChI is InChI=1S/C14H11ClN4OS/c15-10-4-5-11-14(19-21-18-11)13(10)17-12(20)7-8-2-1-3-9(16)6-8/h1-6H,7,16H2,(H,17,20). The Bertz CT molecular complexity index is 818. The smallest absolute Gasteiger partial charge is 0.228 e. The zero-order chi connectivity index (χ0) is 14.8. The third-order valence-corrected chi connectivity index (χ3v) is 3.81. The lowest BCUT2D eigenvalue weighted by atomic mass is 10.1. The molecule has 106 valence electrons. The number of hydrogen-bond donors (Lipinski definition) is 2. The van der Waals surface area contributed by atoms with Crippen LogP contribution in [0.5, 0.6) is 0 Å². The first-order chi connectivity index (χ1) is 10.1. The molecule has 1 heterocycles. The Morgan fingerprint density at radius 2 is 2.14 bits per heavy atom. The van der Waals surface area contributed by atoms with Gasteiger partial charge in [0.2, 0.25) is 5.91 Å². The van der Waals surface area contributed by atoms with Crippen LogP contribution in [0.25, 0.3) is 11.0 Å². The summed E-state index contributed by atoms with van der Waals surface area (Å²) in [5, 5.41) is 3.24. The summed E-state index contributed by atoms with van der Waals surface area (Å²) in [7, 11) is 0. The van der Waals surface area contributed by atoms with Gasteiger partial charge in [-0.25, -0.2) is 0 Å². The van der Waals surface area contributed by atoms with Crippen LogP contribution < -0.4 is 11.1 Å². The van der Waals surface area contributed by atoms with E-state index in [-0.39, 0.29) is 12.3 Å². The van der Waals surface area contributed by atoms with Gasteiger partial charge in [-0.2, -0.15) is 8.75 Å². The van der Waals surface area contributed by atoms with E-state index >= 15 is 0 Å². The number of nitrogens with zero attached hydrogens (tertiary/aromatic N) is 2. The van der Waals surface area contributed by atoms with Gasteiger partial charge in [-0.15, -0.1) is 0 Å². The Labute approximate surface area is 130 Å². The van der Waals surface area contributed by atoms with Gasteiger partial charge in [-0.05, 0) is 29.8 Å². The maximum Gasteiger partial charge on any atom is 0.228 e. The van der Waals surface area contributed by atoms with Crippen molar-refractivity contribution in [2.75, 3.05) is 11.1 Å². The summed E-state index contributed by atoms with van der Waals surface area (Å²) in [5.41, 5.74) is 8.98. The maximum absolute atomic E-state index is 12.2. The number of benzene rings is 2. The summed E-state index contributed by atoms with van der Waals surface area (Å²) in [4.78, 5) is 12.2. The molecule has 0 aliphatic heterocycles. The van der Waals surface area contributed by atoms with E-state index in [9.17, 15) is 4.79 Å². The fourth-order valence-corrected chi connectivity index (χ4v) is 2.76. The molecular formula is C14H11ClN4OS. The van der Waals surface area contributed by atoms with Gasteiger partial charge in [0.15, 0.2) is 0 Å². The fraction of sp³-hybridized carbons (Fsp3) is 0.0714. The number of nitrogens with two attached hydrogens (primary N) is 1. The Morgan fingerprint density at radius 1 is 1.29 bits per heavy atom. The maximum atomic E-state index is 12.2. The molecule has 0 bridgehead atoms. The number of anilines is 2. The lowest BCUT2D eigenvalue weighted by Gasteiger charge is -2.08. The summed E-state index contributed by atoms with van der Waals surface area (Å²) in [6.07, 6.45) is 0.218. The van der Waals surface area contributed by atoms with Gasteiger partial charge in [-0.1, -0.05) is 23.7 Å². The average molecular weight is 319 g/mol. The highest BCUT2D eigenvalue weighted by Crippen LogP contribution is 2.30. The van der Waals surface area contributed by atoms with Crippen LogP contribution in [-0.4, -0.2) is 14.7 Å². The van der Waals surface area contributed by atoms with Crippen LogP contribution in [0.2, 0.25) is 5.02 Å². The molecule has 3 rings (SSSR count). The van der Waals surface area contributed by atoms with Gasteiger partial charge in [0.05, 0.1) is 28.9 Å². The summed E-state index contributed by atoms with van der Waals surface area (Å²) < 4.78 is 8.29. The van der Waals surface area contributed by atoms with E-state index in [0.29, 0.717) is 27.4 Å². The van der Waals surface area contributed by atoms with Crippen LogP contribution in [0.4, 0.5) is 11.4 Å². The number of rotatable bonds is 3. The average Bonchev–Trinajstić information content (AvgIpc) is 2.90. The van der Waals surface area contributed by atoms with Crippen molar-refractivity contribution in [3.63, 3.8) is 0 Å². The quantitative estimate of drug-likeness (QED) is 0.727. The van der Waals surface area contributed by atoms with Crippen LogP contribution in [0.15, 0.2) is 36.4 Å². The minimum atomic E-state index is -0.178. The number of carbonyl (C=O) groups excluding carboxylic acids is 1. The lowest BCUT2D eigenvalue weighted by Crippen LogP contribution is -2.15. The van der Waals surface area contributed by atoms with Crippen molar-refractivity contribution in [3.05, 3.63) is 47.0 Å². The van der Waals surface area contributed by atoms with Crippen LogP contribution in [0.3, 0.4) is 0 Å². The van der Waals surface area contributed by atoms with Crippen molar-refractivity contribution in [1.82, 2.24) is 8.75 Å². The number of amides is 1. The summed E-state index contributed by atoms with van der Waals surface area (Å²) in [5.74, 6) is -0.178. The first-order valence-electron chi connectivity index (χ1n) is 6.18. The highest BCUT2D eigenvalue weighted by atomic mass is 35.5. The van der Waals surface area contributed by atoms with E-state index < -0.39 is 0 Å². The van der Waals surface area contributed by atoms with E-state index in [1.54, 1.807) is 24.3 Å². The number of fused-ring (bicyclic) bond motifs is 1.